The normalized spacial score (nSPS) is 19.6. The first-order chi connectivity index (χ1) is 9.59. The number of hydrogen-bond acceptors (Lipinski definition) is 5. The van der Waals surface area contributed by atoms with Crippen molar-refractivity contribution in [3.8, 4) is 5.75 Å². The van der Waals surface area contributed by atoms with Crippen molar-refractivity contribution in [2.75, 3.05) is 7.11 Å². The van der Waals surface area contributed by atoms with Gasteiger partial charge in [0.15, 0.2) is 0 Å². The number of carbonyl (C=O) groups excluding carboxylic acids is 1. The van der Waals surface area contributed by atoms with E-state index in [1.165, 1.54) is 0 Å². The van der Waals surface area contributed by atoms with E-state index in [0.717, 1.165) is 19.2 Å². The molecule has 0 aliphatic carbocycles. The lowest BCUT2D eigenvalue weighted by molar-refractivity contribution is 0.00578. The molecule has 2 rings (SSSR count). The molecule has 1 aromatic rings. The Kier molecular flexibility index (Phi) is 3.76. The number of phenols is 1. The van der Waals surface area contributed by atoms with E-state index in [9.17, 15) is 14.3 Å². The third-order valence-corrected chi connectivity index (χ3v) is 4.03. The predicted molar refractivity (Wildman–Crippen MR) is 75.1 cm³/mol. The second-order valence-electron chi connectivity index (χ2n) is 5.97. The van der Waals surface area contributed by atoms with E-state index in [-0.39, 0.29) is 16.8 Å². The van der Waals surface area contributed by atoms with Crippen LogP contribution >= 0.6 is 0 Å². The molecule has 7 heteroatoms. The van der Waals surface area contributed by atoms with E-state index in [1.807, 2.05) is 27.7 Å². The molecule has 0 radical (unpaired) electrons. The Bertz CT molecular complexity index is 569. The fourth-order valence-electron chi connectivity index (χ4n) is 2.00. The SMILES string of the molecule is COC(=O)c1cc(F)c(B2OC(C)(C)C(C)(C)O2)cc1O. The fourth-order valence-corrected chi connectivity index (χ4v) is 2.00. The molecule has 5 nitrogen and oxygen atoms in total. The van der Waals surface area contributed by atoms with Crippen molar-refractivity contribution in [1.82, 2.24) is 0 Å². The molecule has 0 spiro atoms. The maximum absolute atomic E-state index is 14.2. The number of methoxy groups -OCH3 is 1. The van der Waals surface area contributed by atoms with Crippen LogP contribution in [0.15, 0.2) is 12.1 Å². The molecule has 0 saturated carbocycles. The Morgan fingerprint density at radius 3 is 2.24 bits per heavy atom. The molecule has 1 fully saturated rings. The van der Waals surface area contributed by atoms with Crippen LogP contribution in [0.4, 0.5) is 4.39 Å². The zero-order valence-electron chi connectivity index (χ0n) is 12.7. The molecule has 114 valence electrons. The first-order valence-corrected chi connectivity index (χ1v) is 6.55. The number of carbonyl (C=O) groups is 1. The highest BCUT2D eigenvalue weighted by molar-refractivity contribution is 6.62. The molecular formula is C14H18BFO5. The second kappa shape index (κ2) is 5.00. The molecule has 1 saturated heterocycles. The zero-order chi connectivity index (χ0) is 16.0. The van der Waals surface area contributed by atoms with Gasteiger partial charge in [-0.1, -0.05) is 0 Å². The third-order valence-electron chi connectivity index (χ3n) is 4.03. The lowest BCUT2D eigenvalue weighted by Gasteiger charge is -2.32. The molecule has 1 aliphatic rings. The van der Waals surface area contributed by atoms with Gasteiger partial charge >= 0.3 is 13.1 Å². The lowest BCUT2D eigenvalue weighted by atomic mass is 9.78. The third kappa shape index (κ3) is 2.63. The van der Waals surface area contributed by atoms with Gasteiger partial charge in [-0.2, -0.15) is 0 Å². The highest BCUT2D eigenvalue weighted by Crippen LogP contribution is 2.37. The summed E-state index contributed by atoms with van der Waals surface area (Å²) in [6.07, 6.45) is 0. The van der Waals surface area contributed by atoms with Crippen LogP contribution in [0.1, 0.15) is 38.1 Å². The first kappa shape index (κ1) is 15.8. The predicted octanol–water partition coefficient (Wildman–Crippen LogP) is 1.62. The molecule has 1 aromatic carbocycles. The van der Waals surface area contributed by atoms with Crippen molar-refractivity contribution >= 4 is 18.6 Å². The minimum atomic E-state index is -0.951. The molecule has 0 aromatic heterocycles. The van der Waals surface area contributed by atoms with Gasteiger partial charge in [0, 0.05) is 5.46 Å². The zero-order valence-corrected chi connectivity index (χ0v) is 12.7. The van der Waals surface area contributed by atoms with Crippen LogP contribution in [-0.4, -0.2) is 36.5 Å². The van der Waals surface area contributed by atoms with Crippen molar-refractivity contribution in [2.45, 2.75) is 38.9 Å². The smallest absolute Gasteiger partial charge is 0.497 e. The molecular weight excluding hydrogens is 278 g/mol. The number of halogens is 1. The van der Waals surface area contributed by atoms with Gasteiger partial charge < -0.3 is 19.2 Å². The number of aromatic hydroxyl groups is 1. The lowest BCUT2D eigenvalue weighted by Crippen LogP contribution is -2.41. The number of phenolic OH excluding ortho intramolecular Hbond substituents is 1. The highest BCUT2D eigenvalue weighted by atomic mass is 19.1. The van der Waals surface area contributed by atoms with E-state index in [2.05, 4.69) is 4.74 Å². The van der Waals surface area contributed by atoms with Crippen LogP contribution in [0.5, 0.6) is 5.75 Å². The summed E-state index contributed by atoms with van der Waals surface area (Å²) in [6.45, 7) is 7.36. The monoisotopic (exact) mass is 296 g/mol. The maximum Gasteiger partial charge on any atom is 0.497 e. The van der Waals surface area contributed by atoms with Gasteiger partial charge in [-0.3, -0.25) is 0 Å². The molecule has 1 aliphatic heterocycles. The molecule has 1 heterocycles. The largest absolute Gasteiger partial charge is 0.507 e. The Morgan fingerprint density at radius 2 is 1.76 bits per heavy atom. The van der Waals surface area contributed by atoms with E-state index in [1.54, 1.807) is 0 Å². The summed E-state index contributed by atoms with van der Waals surface area (Å²) in [6, 6.07) is 2.05. The summed E-state index contributed by atoms with van der Waals surface area (Å²) < 4.78 is 30.1. The summed E-state index contributed by atoms with van der Waals surface area (Å²) in [5.74, 6) is -1.90. The number of ether oxygens (including phenoxy) is 1. The van der Waals surface area contributed by atoms with Gasteiger partial charge in [0.2, 0.25) is 0 Å². The van der Waals surface area contributed by atoms with Crippen LogP contribution in [-0.2, 0) is 14.0 Å². The topological polar surface area (TPSA) is 65.0 Å². The van der Waals surface area contributed by atoms with Gasteiger partial charge in [-0.15, -0.1) is 0 Å². The Hall–Kier alpha value is -1.60. The van der Waals surface area contributed by atoms with Gasteiger partial charge in [0.05, 0.1) is 18.3 Å². The number of hydrogen-bond donors (Lipinski definition) is 1. The number of benzene rings is 1. The van der Waals surface area contributed by atoms with E-state index < -0.39 is 30.1 Å². The van der Waals surface area contributed by atoms with Gasteiger partial charge in [0.25, 0.3) is 0 Å². The van der Waals surface area contributed by atoms with Gasteiger partial charge in [0.1, 0.15) is 17.1 Å². The molecule has 0 bridgehead atoms. The first-order valence-electron chi connectivity index (χ1n) is 6.55. The van der Waals surface area contributed by atoms with E-state index in [4.69, 9.17) is 9.31 Å². The Labute approximate surface area is 123 Å². The van der Waals surface area contributed by atoms with Crippen molar-refractivity contribution in [3.63, 3.8) is 0 Å². The molecule has 21 heavy (non-hydrogen) atoms. The number of esters is 1. The van der Waals surface area contributed by atoms with Crippen molar-refractivity contribution in [2.24, 2.45) is 0 Å². The maximum atomic E-state index is 14.2. The standard InChI is InChI=1S/C14H18BFO5/c1-13(2)14(3,4)21-15(20-13)9-7-11(17)8(6-10(9)16)12(18)19-5/h6-7,17H,1-5H3. The fraction of sp³-hybridized carbons (Fsp3) is 0.500. The van der Waals surface area contributed by atoms with Crippen molar-refractivity contribution < 1.29 is 28.3 Å². The average molecular weight is 296 g/mol. The Morgan fingerprint density at radius 1 is 1.24 bits per heavy atom. The van der Waals surface area contributed by atoms with Gasteiger partial charge in [-0.05, 0) is 39.8 Å². The molecule has 0 unspecified atom stereocenters. The number of rotatable bonds is 2. The highest BCUT2D eigenvalue weighted by Gasteiger charge is 2.52. The molecule has 1 N–H and O–H groups in total. The Balaban J connectivity index is 2.39. The summed E-state index contributed by atoms with van der Waals surface area (Å²) >= 11 is 0. The van der Waals surface area contributed by atoms with Crippen LogP contribution in [0.2, 0.25) is 0 Å². The summed E-state index contributed by atoms with van der Waals surface area (Å²) in [4.78, 5) is 11.4. The van der Waals surface area contributed by atoms with Crippen LogP contribution < -0.4 is 5.46 Å². The molecule has 0 atom stereocenters. The average Bonchev–Trinajstić information content (AvgIpc) is 2.59. The minimum Gasteiger partial charge on any atom is -0.507 e. The van der Waals surface area contributed by atoms with Gasteiger partial charge in [-0.25, -0.2) is 9.18 Å². The van der Waals surface area contributed by atoms with Crippen LogP contribution in [0.25, 0.3) is 0 Å². The minimum absolute atomic E-state index is 0.0406. The summed E-state index contributed by atoms with van der Waals surface area (Å²) in [5.41, 5.74) is -1.45. The van der Waals surface area contributed by atoms with Crippen LogP contribution in [0.3, 0.4) is 0 Å². The molecule has 0 amide bonds. The summed E-state index contributed by atoms with van der Waals surface area (Å²) in [5, 5.41) is 9.86. The van der Waals surface area contributed by atoms with E-state index in [0.29, 0.717) is 0 Å². The quantitative estimate of drug-likeness (QED) is 0.663. The van der Waals surface area contributed by atoms with E-state index >= 15 is 0 Å². The van der Waals surface area contributed by atoms with Crippen molar-refractivity contribution in [1.29, 1.82) is 0 Å². The second-order valence-corrected chi connectivity index (χ2v) is 5.97. The van der Waals surface area contributed by atoms with Crippen LogP contribution in [0, 0.1) is 5.82 Å². The summed E-state index contributed by atoms with van der Waals surface area (Å²) in [7, 11) is 0.203. The van der Waals surface area contributed by atoms with Crippen molar-refractivity contribution in [3.05, 3.63) is 23.5 Å².